The molecular formula is C26H27FN4O7S. The van der Waals surface area contributed by atoms with Crippen LogP contribution in [-0.4, -0.2) is 56.2 Å². The molecule has 0 aliphatic heterocycles. The number of alkyl carbamates (subject to hydrolysis) is 1. The second-order valence-electron chi connectivity index (χ2n) is 9.63. The molecule has 0 fully saturated rings. The lowest BCUT2D eigenvalue weighted by atomic mass is 10.1. The van der Waals surface area contributed by atoms with Gasteiger partial charge in [-0.2, -0.15) is 0 Å². The Morgan fingerprint density at radius 1 is 1.10 bits per heavy atom. The maximum absolute atomic E-state index is 13.4. The first-order valence-corrected chi connectivity index (χ1v) is 13.3. The number of nitrogens with one attached hydrogen (secondary N) is 3. The predicted molar refractivity (Wildman–Crippen MR) is 143 cm³/mol. The monoisotopic (exact) mass is 558 g/mol. The molecule has 0 bridgehead atoms. The van der Waals surface area contributed by atoms with Crippen LogP contribution in [0.15, 0.2) is 58.4 Å². The van der Waals surface area contributed by atoms with Crippen molar-refractivity contribution in [3.63, 3.8) is 0 Å². The molecule has 2 heterocycles. The quantitative estimate of drug-likeness (QED) is 0.231. The average Bonchev–Trinajstić information content (AvgIpc) is 3.32. The van der Waals surface area contributed by atoms with E-state index in [1.807, 2.05) is 0 Å². The Labute approximate surface area is 223 Å². The van der Waals surface area contributed by atoms with E-state index in [0.717, 1.165) is 16.4 Å². The number of hydrogen-bond donors (Lipinski definition) is 3. The summed E-state index contributed by atoms with van der Waals surface area (Å²) in [6.07, 6.45) is 0.636. The van der Waals surface area contributed by atoms with E-state index in [0.29, 0.717) is 10.9 Å². The predicted octanol–water partition coefficient (Wildman–Crippen LogP) is 3.66. The van der Waals surface area contributed by atoms with Gasteiger partial charge in [0.2, 0.25) is 0 Å². The third-order valence-electron chi connectivity index (χ3n) is 5.69. The fraction of sp³-hybridized carbons (Fsp3) is 0.269. The number of aromatic amines is 2. The third kappa shape index (κ3) is 5.87. The Morgan fingerprint density at radius 3 is 2.46 bits per heavy atom. The molecule has 3 N–H and O–H groups in total. The van der Waals surface area contributed by atoms with Crippen molar-refractivity contribution in [3.05, 3.63) is 70.4 Å². The number of esters is 1. The highest BCUT2D eigenvalue weighted by Gasteiger charge is 2.24. The second kappa shape index (κ2) is 10.4. The van der Waals surface area contributed by atoms with E-state index in [-0.39, 0.29) is 40.2 Å². The third-order valence-corrected chi connectivity index (χ3v) is 7.47. The number of rotatable bonds is 7. The lowest BCUT2D eigenvalue weighted by Crippen LogP contribution is -2.34. The van der Waals surface area contributed by atoms with Crippen molar-refractivity contribution in [1.29, 1.82) is 0 Å². The van der Waals surface area contributed by atoms with Gasteiger partial charge in [0.05, 0.1) is 22.7 Å². The zero-order valence-corrected chi connectivity index (χ0v) is 22.4. The largest absolute Gasteiger partial charge is 0.460 e. The summed E-state index contributed by atoms with van der Waals surface area (Å²) in [5.41, 5.74) is -0.575. The summed E-state index contributed by atoms with van der Waals surface area (Å²) in [5.74, 6) is -1.29. The molecule has 0 spiro atoms. The molecule has 0 aliphatic carbocycles. The summed E-state index contributed by atoms with van der Waals surface area (Å²) in [6.45, 7) is 4.96. The van der Waals surface area contributed by atoms with Crippen molar-refractivity contribution >= 4 is 49.6 Å². The number of fused-ring (bicyclic) bond motifs is 3. The van der Waals surface area contributed by atoms with Crippen LogP contribution >= 0.6 is 0 Å². The van der Waals surface area contributed by atoms with E-state index < -0.39 is 39.1 Å². The van der Waals surface area contributed by atoms with Crippen LogP contribution < -0.4 is 15.2 Å². The smallest absolute Gasteiger partial charge is 0.407 e. The summed E-state index contributed by atoms with van der Waals surface area (Å²) in [6, 6.07) is 9.06. The number of pyridine rings is 1. The van der Waals surface area contributed by atoms with Crippen molar-refractivity contribution in [2.24, 2.45) is 0 Å². The Bertz CT molecular complexity index is 1720. The number of halogens is 1. The van der Waals surface area contributed by atoms with Gasteiger partial charge in [-0.1, -0.05) is 0 Å². The Balaban J connectivity index is 1.64. The Hall–Kier alpha value is -4.39. The van der Waals surface area contributed by atoms with Crippen molar-refractivity contribution in [2.45, 2.75) is 31.3 Å². The lowest BCUT2D eigenvalue weighted by molar-refractivity contribution is 0.0435. The Kier molecular flexibility index (Phi) is 7.37. The number of anilines is 1. The van der Waals surface area contributed by atoms with E-state index in [2.05, 4.69) is 15.3 Å². The zero-order chi connectivity index (χ0) is 28.5. The molecular weight excluding hydrogens is 531 g/mol. The standard InChI is InChI=1S/C26H27FN4O7S/c1-26(2,3)38-25(34)28-11-12-37-24(33)19-14-29-22-21(19)18-13-17(9-10-20(18)30-23(22)32)39(35,36)31(4)16-7-5-15(27)6-8-16/h5-10,13-14,29H,11-12H2,1-4H3,(H,28,34)(H,30,32). The lowest BCUT2D eigenvalue weighted by Gasteiger charge is -2.20. The highest BCUT2D eigenvalue weighted by Crippen LogP contribution is 2.29. The topological polar surface area (TPSA) is 151 Å². The molecule has 0 unspecified atom stereocenters. The van der Waals surface area contributed by atoms with E-state index in [1.165, 1.54) is 43.6 Å². The number of H-pyrrole nitrogens is 2. The summed E-state index contributed by atoms with van der Waals surface area (Å²) in [7, 11) is -2.76. The van der Waals surface area contributed by atoms with Crippen LogP contribution in [0, 0.1) is 5.82 Å². The number of ether oxygens (including phenoxy) is 2. The molecule has 4 aromatic rings. The minimum absolute atomic E-state index is 0.0115. The van der Waals surface area contributed by atoms with Crippen LogP contribution in [0.4, 0.5) is 14.9 Å². The molecule has 4 rings (SSSR count). The molecule has 0 aliphatic rings. The molecule has 1 amide bonds. The highest BCUT2D eigenvalue weighted by molar-refractivity contribution is 7.92. The second-order valence-corrected chi connectivity index (χ2v) is 11.6. The van der Waals surface area contributed by atoms with Gasteiger partial charge in [-0.05, 0) is 63.2 Å². The van der Waals surface area contributed by atoms with E-state index in [1.54, 1.807) is 20.8 Å². The maximum atomic E-state index is 13.4. The number of sulfonamides is 1. The fourth-order valence-corrected chi connectivity index (χ4v) is 5.09. The Morgan fingerprint density at radius 2 is 1.79 bits per heavy atom. The molecule has 0 saturated heterocycles. The van der Waals surface area contributed by atoms with Gasteiger partial charge in [-0.25, -0.2) is 22.4 Å². The number of carbonyl (C=O) groups excluding carboxylic acids is 2. The first-order chi connectivity index (χ1) is 18.3. The fourth-order valence-electron chi connectivity index (χ4n) is 3.86. The summed E-state index contributed by atoms with van der Waals surface area (Å²) in [4.78, 5) is 42.6. The molecule has 39 heavy (non-hydrogen) atoms. The van der Waals surface area contributed by atoms with Crippen LogP contribution in [0.5, 0.6) is 0 Å². The zero-order valence-electron chi connectivity index (χ0n) is 21.6. The van der Waals surface area contributed by atoms with Crippen LogP contribution in [0.25, 0.3) is 21.8 Å². The van der Waals surface area contributed by atoms with Crippen molar-refractivity contribution in [3.8, 4) is 0 Å². The normalized spacial score (nSPS) is 11.9. The number of aromatic nitrogens is 2. The van der Waals surface area contributed by atoms with Crippen LogP contribution in [-0.2, 0) is 19.5 Å². The van der Waals surface area contributed by atoms with E-state index in [4.69, 9.17) is 9.47 Å². The van der Waals surface area contributed by atoms with Crippen LogP contribution in [0.2, 0.25) is 0 Å². The minimum atomic E-state index is -4.09. The van der Waals surface area contributed by atoms with E-state index in [9.17, 15) is 27.2 Å². The number of nitrogens with zero attached hydrogens (tertiary/aromatic N) is 1. The number of carbonyl (C=O) groups is 2. The van der Waals surface area contributed by atoms with E-state index >= 15 is 0 Å². The van der Waals surface area contributed by atoms with Gasteiger partial charge >= 0.3 is 12.1 Å². The average molecular weight is 559 g/mol. The van der Waals surface area contributed by atoms with Gasteiger partial charge in [-0.3, -0.25) is 9.10 Å². The first kappa shape index (κ1) is 27.6. The summed E-state index contributed by atoms with van der Waals surface area (Å²) in [5, 5.41) is 2.94. The molecule has 0 atom stereocenters. The van der Waals surface area contributed by atoms with Gasteiger partial charge in [0, 0.05) is 29.5 Å². The number of benzene rings is 2. The number of amides is 1. The maximum Gasteiger partial charge on any atom is 0.407 e. The van der Waals surface area contributed by atoms with Gasteiger partial charge < -0.3 is 24.8 Å². The van der Waals surface area contributed by atoms with Crippen molar-refractivity contribution in [2.75, 3.05) is 24.5 Å². The molecule has 11 nitrogen and oxygen atoms in total. The minimum Gasteiger partial charge on any atom is -0.460 e. The number of hydrogen-bond acceptors (Lipinski definition) is 7. The molecule has 206 valence electrons. The molecule has 2 aromatic heterocycles. The molecule has 0 saturated carbocycles. The summed E-state index contributed by atoms with van der Waals surface area (Å²) >= 11 is 0. The van der Waals surface area contributed by atoms with Gasteiger partial charge in [0.1, 0.15) is 23.5 Å². The van der Waals surface area contributed by atoms with Gasteiger partial charge in [0.25, 0.3) is 15.6 Å². The van der Waals surface area contributed by atoms with Crippen LogP contribution in [0.3, 0.4) is 0 Å². The SMILES string of the molecule is CN(c1ccc(F)cc1)S(=O)(=O)c1ccc2[nH]c(=O)c3[nH]cc(C(=O)OCCNC(=O)OC(C)(C)C)c3c2c1. The van der Waals surface area contributed by atoms with Gasteiger partial charge in [0.15, 0.2) is 0 Å². The molecule has 2 aromatic carbocycles. The first-order valence-electron chi connectivity index (χ1n) is 11.8. The van der Waals surface area contributed by atoms with Gasteiger partial charge in [-0.15, -0.1) is 0 Å². The van der Waals surface area contributed by atoms with Crippen molar-refractivity contribution in [1.82, 2.24) is 15.3 Å². The van der Waals surface area contributed by atoms with Crippen LogP contribution in [0.1, 0.15) is 31.1 Å². The summed E-state index contributed by atoms with van der Waals surface area (Å²) < 4.78 is 51.4. The highest BCUT2D eigenvalue weighted by atomic mass is 32.2. The van der Waals surface area contributed by atoms with Crippen molar-refractivity contribution < 1.29 is 31.9 Å². The molecule has 0 radical (unpaired) electrons. The molecule has 13 heteroatoms.